The van der Waals surface area contributed by atoms with Gasteiger partial charge >= 0.3 is 6.03 Å². The first-order valence-electron chi connectivity index (χ1n) is 7.68. The molecule has 2 aromatic rings. The van der Waals surface area contributed by atoms with Gasteiger partial charge in [-0.3, -0.25) is 14.6 Å². The van der Waals surface area contributed by atoms with Crippen LogP contribution < -0.4 is 4.90 Å². The fourth-order valence-electron chi connectivity index (χ4n) is 2.45. The minimum Gasteiger partial charge on any atom is -0.297 e. The molecule has 2 aromatic carbocycles. The zero-order valence-electron chi connectivity index (χ0n) is 14.7. The van der Waals surface area contributed by atoms with Crippen LogP contribution in [0.4, 0.5) is 28.0 Å². The second-order valence-corrected chi connectivity index (χ2v) is 6.70. The molecule has 0 spiro atoms. The van der Waals surface area contributed by atoms with E-state index >= 15 is 0 Å². The molecule has 0 aliphatic carbocycles. The number of benzene rings is 2. The van der Waals surface area contributed by atoms with Crippen molar-refractivity contribution in [3.05, 3.63) is 59.2 Å². The molecule has 4 nitrogen and oxygen atoms in total. The SMILES string of the molecule is Cc1cc(SC(F)F)ccc1N(C)C(=O)N(C)C(=O)c1cccc(F)c1F. The molecule has 0 radical (unpaired) electrons. The normalized spacial score (nSPS) is 10.8. The van der Waals surface area contributed by atoms with Crippen molar-refractivity contribution in [2.24, 2.45) is 0 Å². The number of hydrogen-bond donors (Lipinski definition) is 0. The van der Waals surface area contributed by atoms with Crippen molar-refractivity contribution in [2.75, 3.05) is 19.0 Å². The van der Waals surface area contributed by atoms with Crippen molar-refractivity contribution in [3.8, 4) is 0 Å². The van der Waals surface area contributed by atoms with Gasteiger partial charge in [0, 0.05) is 24.7 Å². The number of nitrogens with zero attached hydrogens (tertiary/aromatic N) is 2. The molecule has 2 rings (SSSR count). The van der Waals surface area contributed by atoms with Crippen LogP contribution in [0.25, 0.3) is 0 Å². The maximum atomic E-state index is 13.8. The summed E-state index contributed by atoms with van der Waals surface area (Å²) in [6.07, 6.45) is 0. The first kappa shape index (κ1) is 20.8. The average Bonchev–Trinajstić information content (AvgIpc) is 2.61. The lowest BCUT2D eigenvalue weighted by atomic mass is 10.1. The summed E-state index contributed by atoms with van der Waals surface area (Å²) in [7, 11) is 2.53. The van der Waals surface area contributed by atoms with Crippen LogP contribution >= 0.6 is 11.8 Å². The fourth-order valence-corrected chi connectivity index (χ4v) is 3.04. The van der Waals surface area contributed by atoms with Crippen LogP contribution in [-0.4, -0.2) is 36.7 Å². The third-order valence-corrected chi connectivity index (χ3v) is 4.52. The fraction of sp³-hybridized carbons (Fsp3) is 0.222. The van der Waals surface area contributed by atoms with Gasteiger partial charge in [-0.15, -0.1) is 0 Å². The molecule has 0 aliphatic rings. The predicted molar refractivity (Wildman–Crippen MR) is 95.3 cm³/mol. The zero-order valence-corrected chi connectivity index (χ0v) is 15.5. The van der Waals surface area contributed by atoms with Crippen molar-refractivity contribution in [2.45, 2.75) is 17.6 Å². The summed E-state index contributed by atoms with van der Waals surface area (Å²) in [5.74, 6) is -6.11. The molecular formula is C18H16F4N2O2S. The Bertz CT molecular complexity index is 876. The summed E-state index contributed by atoms with van der Waals surface area (Å²) in [4.78, 5) is 27.0. The van der Waals surface area contributed by atoms with E-state index in [1.54, 1.807) is 6.92 Å². The van der Waals surface area contributed by atoms with Crippen LogP contribution in [0, 0.1) is 18.6 Å². The first-order valence-corrected chi connectivity index (χ1v) is 8.56. The number of halogens is 4. The number of aryl methyl sites for hydroxylation is 1. The molecule has 0 aromatic heterocycles. The number of rotatable bonds is 4. The Labute approximate surface area is 157 Å². The monoisotopic (exact) mass is 400 g/mol. The third-order valence-electron chi connectivity index (χ3n) is 3.82. The number of carbonyl (C=O) groups excluding carboxylic acids is 2. The smallest absolute Gasteiger partial charge is 0.297 e. The van der Waals surface area contributed by atoms with Crippen LogP contribution in [-0.2, 0) is 0 Å². The predicted octanol–water partition coefficient (Wildman–Crippen LogP) is 4.92. The van der Waals surface area contributed by atoms with E-state index in [4.69, 9.17) is 0 Å². The quantitative estimate of drug-likeness (QED) is 0.541. The Hall–Kier alpha value is -2.55. The van der Waals surface area contributed by atoms with Crippen molar-refractivity contribution in [3.63, 3.8) is 0 Å². The lowest BCUT2D eigenvalue weighted by Crippen LogP contribution is -2.43. The molecule has 27 heavy (non-hydrogen) atoms. The van der Waals surface area contributed by atoms with Gasteiger partial charge in [-0.05, 0) is 42.8 Å². The molecule has 0 heterocycles. The van der Waals surface area contributed by atoms with Gasteiger partial charge in [0.25, 0.3) is 11.7 Å². The molecule has 0 aliphatic heterocycles. The molecule has 144 valence electrons. The molecule has 0 saturated heterocycles. The highest BCUT2D eigenvalue weighted by Crippen LogP contribution is 2.30. The van der Waals surface area contributed by atoms with Crippen LogP contribution in [0.3, 0.4) is 0 Å². The minimum absolute atomic E-state index is 0.332. The summed E-state index contributed by atoms with van der Waals surface area (Å²) in [6, 6.07) is 6.70. The van der Waals surface area contributed by atoms with Crippen LogP contribution in [0.5, 0.6) is 0 Å². The van der Waals surface area contributed by atoms with Crippen LogP contribution in [0.2, 0.25) is 0 Å². The van der Waals surface area contributed by atoms with E-state index in [9.17, 15) is 27.2 Å². The summed E-state index contributed by atoms with van der Waals surface area (Å²) in [5, 5.41) is 0. The highest BCUT2D eigenvalue weighted by Gasteiger charge is 2.26. The molecular weight excluding hydrogens is 384 g/mol. The van der Waals surface area contributed by atoms with Crippen LogP contribution in [0.15, 0.2) is 41.3 Å². The largest absolute Gasteiger partial charge is 0.330 e. The first-order chi connectivity index (χ1) is 12.6. The Kier molecular flexibility index (Phi) is 6.48. The Morgan fingerprint density at radius 1 is 1.07 bits per heavy atom. The van der Waals surface area contributed by atoms with Gasteiger partial charge in [-0.2, -0.15) is 8.78 Å². The number of imide groups is 1. The molecule has 0 unspecified atom stereocenters. The van der Waals surface area contributed by atoms with Crippen molar-refractivity contribution in [1.82, 2.24) is 4.90 Å². The van der Waals surface area contributed by atoms with Gasteiger partial charge in [0.05, 0.1) is 5.56 Å². The van der Waals surface area contributed by atoms with E-state index in [-0.39, 0.29) is 0 Å². The molecule has 0 atom stereocenters. The van der Waals surface area contributed by atoms with E-state index in [1.165, 1.54) is 25.2 Å². The Morgan fingerprint density at radius 3 is 2.33 bits per heavy atom. The standard InChI is InChI=1S/C18H16F4N2O2S/c1-10-9-11(27-17(21)22)7-8-14(10)23(2)18(26)24(3)16(25)12-5-4-6-13(19)15(12)20/h4-9,17H,1-3H3. The van der Waals surface area contributed by atoms with Gasteiger partial charge in [0.2, 0.25) is 0 Å². The second-order valence-electron chi connectivity index (χ2n) is 5.63. The van der Waals surface area contributed by atoms with Crippen molar-refractivity contribution in [1.29, 1.82) is 0 Å². The van der Waals surface area contributed by atoms with E-state index in [2.05, 4.69) is 0 Å². The van der Waals surface area contributed by atoms with Gasteiger partial charge in [0.1, 0.15) is 0 Å². The number of carbonyl (C=O) groups is 2. The summed E-state index contributed by atoms with van der Waals surface area (Å²) in [6.45, 7) is 1.63. The molecule has 9 heteroatoms. The van der Waals surface area contributed by atoms with E-state index in [0.29, 0.717) is 32.8 Å². The topological polar surface area (TPSA) is 40.6 Å². The number of alkyl halides is 2. The van der Waals surface area contributed by atoms with Crippen LogP contribution in [0.1, 0.15) is 15.9 Å². The van der Waals surface area contributed by atoms with Gasteiger partial charge in [-0.25, -0.2) is 13.6 Å². The maximum Gasteiger partial charge on any atom is 0.330 e. The summed E-state index contributed by atoms with van der Waals surface area (Å²) in [5.41, 5.74) is 0.354. The molecule has 0 bridgehead atoms. The van der Waals surface area contributed by atoms with Crippen molar-refractivity contribution < 1.29 is 27.2 Å². The number of amides is 3. The summed E-state index contributed by atoms with van der Waals surface area (Å²) >= 11 is 0.374. The lowest BCUT2D eigenvalue weighted by molar-refractivity contribution is 0.0831. The van der Waals surface area contributed by atoms with Gasteiger partial charge in [-0.1, -0.05) is 17.8 Å². The van der Waals surface area contributed by atoms with Gasteiger partial charge < -0.3 is 0 Å². The Morgan fingerprint density at radius 2 is 1.74 bits per heavy atom. The molecule has 0 saturated carbocycles. The van der Waals surface area contributed by atoms with E-state index in [0.717, 1.165) is 30.1 Å². The zero-order chi connectivity index (χ0) is 20.3. The lowest BCUT2D eigenvalue weighted by Gasteiger charge is -2.25. The average molecular weight is 400 g/mol. The highest BCUT2D eigenvalue weighted by molar-refractivity contribution is 7.99. The van der Waals surface area contributed by atoms with E-state index in [1.807, 2.05) is 0 Å². The number of anilines is 1. The summed E-state index contributed by atoms with van der Waals surface area (Å²) < 4.78 is 52.0. The number of thioether (sulfide) groups is 1. The second kappa shape index (κ2) is 8.43. The molecule has 3 amide bonds. The Balaban J connectivity index is 2.23. The minimum atomic E-state index is -2.57. The third kappa shape index (κ3) is 4.60. The molecule has 0 fully saturated rings. The van der Waals surface area contributed by atoms with Crippen molar-refractivity contribution >= 4 is 29.4 Å². The maximum absolute atomic E-state index is 13.8. The van der Waals surface area contributed by atoms with Gasteiger partial charge in [0.15, 0.2) is 11.6 Å². The number of hydrogen-bond acceptors (Lipinski definition) is 3. The molecule has 0 N–H and O–H groups in total. The number of urea groups is 1. The highest BCUT2D eigenvalue weighted by atomic mass is 32.2. The van der Waals surface area contributed by atoms with E-state index < -0.39 is 34.9 Å².